The summed E-state index contributed by atoms with van der Waals surface area (Å²) in [7, 11) is 0. The number of nitrogens with one attached hydrogen (secondary N) is 1. The van der Waals surface area contributed by atoms with Gasteiger partial charge >= 0.3 is 5.97 Å². The number of ether oxygens (including phenoxy) is 1. The van der Waals surface area contributed by atoms with E-state index < -0.39 is 24.0 Å². The topological polar surface area (TPSA) is 79.2 Å². The Morgan fingerprint density at radius 1 is 1.52 bits per heavy atom. The fourth-order valence-electron chi connectivity index (χ4n) is 2.04. The molecule has 0 aromatic heterocycles. The second-order valence-electron chi connectivity index (χ2n) is 5.22. The first kappa shape index (κ1) is 15.3. The van der Waals surface area contributed by atoms with E-state index in [4.69, 9.17) is 21.6 Å². The van der Waals surface area contributed by atoms with Crippen LogP contribution < -0.4 is 5.32 Å². The Balaban J connectivity index is 1.87. The largest absolute Gasteiger partial charge is 0.452 e. The molecule has 0 aliphatic heterocycles. The third kappa shape index (κ3) is 3.96. The Kier molecular flexibility index (Phi) is 4.49. The minimum atomic E-state index is -0.889. The molecule has 0 radical (unpaired) electrons. The number of carbonyl (C=O) groups is 2. The molecular weight excluding hydrogens is 292 g/mol. The van der Waals surface area contributed by atoms with Crippen LogP contribution in [0.3, 0.4) is 0 Å². The minimum Gasteiger partial charge on any atom is -0.452 e. The molecule has 1 aromatic rings. The summed E-state index contributed by atoms with van der Waals surface area (Å²) in [4.78, 5) is 23.5. The Hall–Kier alpha value is -2.06. The predicted molar refractivity (Wildman–Crippen MR) is 76.6 cm³/mol. The molecule has 0 saturated heterocycles. The summed E-state index contributed by atoms with van der Waals surface area (Å²) < 4.78 is 4.92. The number of hydrogen-bond acceptors (Lipinski definition) is 4. The SMILES string of the molecule is C[C@](C#N)(NC(=O)COC(=O)c1cccc(Cl)c1)C1CC1. The molecule has 0 heterocycles. The lowest BCUT2D eigenvalue weighted by Gasteiger charge is -2.22. The highest BCUT2D eigenvalue weighted by Gasteiger charge is 2.43. The van der Waals surface area contributed by atoms with Gasteiger partial charge in [-0.05, 0) is 43.9 Å². The zero-order valence-corrected chi connectivity index (χ0v) is 12.3. The van der Waals surface area contributed by atoms with Gasteiger partial charge in [0, 0.05) is 5.02 Å². The van der Waals surface area contributed by atoms with Gasteiger partial charge in [-0.2, -0.15) is 5.26 Å². The van der Waals surface area contributed by atoms with Crippen LogP contribution in [0, 0.1) is 17.2 Å². The third-order valence-corrected chi connectivity index (χ3v) is 3.65. The Bertz CT molecular complexity index is 607. The summed E-state index contributed by atoms with van der Waals surface area (Å²) in [5.41, 5.74) is -0.611. The van der Waals surface area contributed by atoms with Crippen LogP contribution in [0.15, 0.2) is 24.3 Å². The highest BCUT2D eigenvalue weighted by atomic mass is 35.5. The van der Waals surface area contributed by atoms with E-state index in [0.29, 0.717) is 5.02 Å². The summed E-state index contributed by atoms with van der Waals surface area (Å²) >= 11 is 5.78. The quantitative estimate of drug-likeness (QED) is 0.847. The molecule has 1 atom stereocenters. The number of halogens is 1. The summed E-state index contributed by atoms with van der Waals surface area (Å²) in [5, 5.41) is 12.2. The van der Waals surface area contributed by atoms with Crippen molar-refractivity contribution in [2.45, 2.75) is 25.3 Å². The van der Waals surface area contributed by atoms with Crippen LogP contribution in [-0.2, 0) is 9.53 Å². The van der Waals surface area contributed by atoms with Crippen LogP contribution in [-0.4, -0.2) is 24.0 Å². The molecule has 6 heteroatoms. The van der Waals surface area contributed by atoms with E-state index >= 15 is 0 Å². The average Bonchev–Trinajstić information content (AvgIpc) is 3.29. The summed E-state index contributed by atoms with van der Waals surface area (Å²) in [6.45, 7) is 1.26. The lowest BCUT2D eigenvalue weighted by Crippen LogP contribution is -2.48. The number of hydrogen-bond donors (Lipinski definition) is 1. The van der Waals surface area contributed by atoms with E-state index in [1.54, 1.807) is 25.1 Å². The number of benzene rings is 1. The van der Waals surface area contributed by atoms with E-state index in [2.05, 4.69) is 11.4 Å². The average molecular weight is 307 g/mol. The Morgan fingerprint density at radius 3 is 2.81 bits per heavy atom. The van der Waals surface area contributed by atoms with E-state index in [-0.39, 0.29) is 11.5 Å². The van der Waals surface area contributed by atoms with Crippen molar-refractivity contribution in [2.75, 3.05) is 6.61 Å². The second kappa shape index (κ2) is 6.15. The smallest absolute Gasteiger partial charge is 0.338 e. The van der Waals surface area contributed by atoms with Gasteiger partial charge in [0.15, 0.2) is 6.61 Å². The molecule has 110 valence electrons. The van der Waals surface area contributed by atoms with Gasteiger partial charge in [-0.1, -0.05) is 17.7 Å². The number of nitriles is 1. The highest BCUT2D eigenvalue weighted by Crippen LogP contribution is 2.39. The second-order valence-corrected chi connectivity index (χ2v) is 5.66. The molecule has 1 aromatic carbocycles. The first-order valence-electron chi connectivity index (χ1n) is 6.59. The van der Waals surface area contributed by atoms with Crippen molar-refractivity contribution < 1.29 is 14.3 Å². The van der Waals surface area contributed by atoms with Gasteiger partial charge in [-0.25, -0.2) is 4.79 Å². The van der Waals surface area contributed by atoms with Crippen molar-refractivity contribution in [1.82, 2.24) is 5.32 Å². The van der Waals surface area contributed by atoms with Gasteiger partial charge in [0.25, 0.3) is 5.91 Å². The summed E-state index contributed by atoms with van der Waals surface area (Å²) in [6.07, 6.45) is 1.85. The van der Waals surface area contributed by atoms with E-state index in [1.807, 2.05) is 0 Å². The molecule has 0 spiro atoms. The first-order chi connectivity index (χ1) is 9.94. The van der Waals surface area contributed by atoms with Gasteiger partial charge in [-0.3, -0.25) is 4.79 Å². The van der Waals surface area contributed by atoms with Gasteiger partial charge in [-0.15, -0.1) is 0 Å². The molecule has 1 aliphatic carbocycles. The highest BCUT2D eigenvalue weighted by molar-refractivity contribution is 6.30. The first-order valence-corrected chi connectivity index (χ1v) is 6.97. The fourth-order valence-corrected chi connectivity index (χ4v) is 2.23. The third-order valence-electron chi connectivity index (χ3n) is 3.42. The van der Waals surface area contributed by atoms with Crippen molar-refractivity contribution in [2.24, 2.45) is 5.92 Å². The van der Waals surface area contributed by atoms with Crippen LogP contribution in [0.2, 0.25) is 5.02 Å². The molecule has 0 unspecified atom stereocenters. The van der Waals surface area contributed by atoms with E-state index in [9.17, 15) is 9.59 Å². The van der Waals surface area contributed by atoms with Crippen molar-refractivity contribution >= 4 is 23.5 Å². The monoisotopic (exact) mass is 306 g/mol. The summed E-state index contributed by atoms with van der Waals surface area (Å²) in [6, 6.07) is 8.38. The number of amides is 1. The van der Waals surface area contributed by atoms with Crippen LogP contribution in [0.5, 0.6) is 0 Å². The van der Waals surface area contributed by atoms with Gasteiger partial charge in [0.1, 0.15) is 5.54 Å². The van der Waals surface area contributed by atoms with Gasteiger partial charge in [0.05, 0.1) is 11.6 Å². The molecule has 0 bridgehead atoms. The molecule has 1 amide bonds. The molecule has 5 nitrogen and oxygen atoms in total. The maximum atomic E-state index is 11.8. The van der Waals surface area contributed by atoms with E-state index in [0.717, 1.165) is 12.8 Å². The minimum absolute atomic E-state index is 0.176. The number of nitrogens with zero attached hydrogens (tertiary/aromatic N) is 1. The fraction of sp³-hybridized carbons (Fsp3) is 0.400. The molecule has 1 aliphatic rings. The molecule has 1 N–H and O–H groups in total. The van der Waals surface area contributed by atoms with Crippen LogP contribution in [0.25, 0.3) is 0 Å². The van der Waals surface area contributed by atoms with Crippen LogP contribution >= 0.6 is 11.6 Å². The van der Waals surface area contributed by atoms with Crippen molar-refractivity contribution in [3.63, 3.8) is 0 Å². The number of carbonyl (C=O) groups excluding carboxylic acids is 2. The van der Waals surface area contributed by atoms with Crippen LogP contribution in [0.1, 0.15) is 30.1 Å². The van der Waals surface area contributed by atoms with Crippen molar-refractivity contribution in [1.29, 1.82) is 5.26 Å². The lowest BCUT2D eigenvalue weighted by molar-refractivity contribution is -0.125. The standard InChI is InChI=1S/C15H15ClN2O3/c1-15(9-17,11-5-6-11)18-13(19)8-21-14(20)10-3-2-4-12(16)7-10/h2-4,7,11H,5-6,8H2,1H3,(H,18,19)/t15-/m1/s1. The van der Waals surface area contributed by atoms with Crippen molar-refractivity contribution in [3.8, 4) is 6.07 Å². The molecule has 21 heavy (non-hydrogen) atoms. The Morgan fingerprint density at radius 2 is 2.24 bits per heavy atom. The maximum absolute atomic E-state index is 11.8. The van der Waals surface area contributed by atoms with Gasteiger partial charge in [0.2, 0.25) is 0 Å². The molecular formula is C15H15ClN2O3. The van der Waals surface area contributed by atoms with Crippen molar-refractivity contribution in [3.05, 3.63) is 34.9 Å². The Labute approximate surface area is 127 Å². The normalized spacial score (nSPS) is 16.4. The number of esters is 1. The van der Waals surface area contributed by atoms with Crippen LogP contribution in [0.4, 0.5) is 0 Å². The van der Waals surface area contributed by atoms with E-state index in [1.165, 1.54) is 6.07 Å². The zero-order valence-electron chi connectivity index (χ0n) is 11.6. The summed E-state index contributed by atoms with van der Waals surface area (Å²) in [5.74, 6) is -0.936. The lowest BCUT2D eigenvalue weighted by atomic mass is 9.98. The molecule has 1 fully saturated rings. The van der Waals surface area contributed by atoms with Gasteiger partial charge < -0.3 is 10.1 Å². The molecule has 1 saturated carbocycles. The molecule has 2 rings (SSSR count). The zero-order chi connectivity index (χ0) is 15.5. The predicted octanol–water partition coefficient (Wildman–Crippen LogP) is 2.31. The maximum Gasteiger partial charge on any atom is 0.338 e. The number of rotatable bonds is 5.